The number of benzene rings is 2. The minimum Gasteiger partial charge on any atom is -0.462 e. The number of halogens is 1. The molecule has 6 nitrogen and oxygen atoms in total. The smallest absolute Gasteiger partial charge is 0.338 e. The normalized spacial score (nSPS) is 14.7. The lowest BCUT2D eigenvalue weighted by molar-refractivity contribution is -0.122. The maximum atomic E-state index is 12.7. The molecule has 0 aromatic heterocycles. The van der Waals surface area contributed by atoms with Gasteiger partial charge in [0.25, 0.3) is 5.91 Å². The van der Waals surface area contributed by atoms with Crippen LogP contribution < -0.4 is 5.32 Å². The third-order valence-corrected chi connectivity index (χ3v) is 6.25. The Kier molecular flexibility index (Phi) is 8.44. The lowest BCUT2D eigenvalue weighted by atomic mass is 10.2. The SMILES string of the molecule is CCOC(=O)c1ccc(NC(=O)CCCN2C(=O)/C(=C/c3ccccc3Cl)SC2=S)cc1. The van der Waals surface area contributed by atoms with Gasteiger partial charge < -0.3 is 10.1 Å². The first-order valence-electron chi connectivity index (χ1n) is 9.96. The van der Waals surface area contributed by atoms with Gasteiger partial charge in [0.05, 0.1) is 17.1 Å². The van der Waals surface area contributed by atoms with Crippen LogP contribution in [0.3, 0.4) is 0 Å². The van der Waals surface area contributed by atoms with Gasteiger partial charge in [-0.1, -0.05) is 53.8 Å². The summed E-state index contributed by atoms with van der Waals surface area (Å²) in [6.07, 6.45) is 2.41. The molecule has 1 aliphatic rings. The van der Waals surface area contributed by atoms with Crippen molar-refractivity contribution >= 4 is 69.4 Å². The van der Waals surface area contributed by atoms with Gasteiger partial charge in [-0.25, -0.2) is 4.79 Å². The van der Waals surface area contributed by atoms with E-state index in [0.29, 0.717) is 45.1 Å². The van der Waals surface area contributed by atoms with Crippen molar-refractivity contribution in [2.75, 3.05) is 18.5 Å². The van der Waals surface area contributed by atoms with E-state index in [4.69, 9.17) is 28.6 Å². The van der Waals surface area contributed by atoms with Gasteiger partial charge in [0, 0.05) is 23.7 Å². The van der Waals surface area contributed by atoms with E-state index in [2.05, 4.69) is 5.32 Å². The number of anilines is 1. The molecule has 0 aliphatic carbocycles. The Labute approximate surface area is 201 Å². The van der Waals surface area contributed by atoms with Crippen molar-refractivity contribution < 1.29 is 19.1 Å². The zero-order valence-corrected chi connectivity index (χ0v) is 19.7. The number of carbonyl (C=O) groups excluding carboxylic acids is 3. The van der Waals surface area contributed by atoms with E-state index in [1.54, 1.807) is 43.3 Å². The number of hydrogen-bond acceptors (Lipinski definition) is 6. The van der Waals surface area contributed by atoms with Gasteiger partial charge in [-0.2, -0.15) is 0 Å². The highest BCUT2D eigenvalue weighted by Gasteiger charge is 2.31. The summed E-state index contributed by atoms with van der Waals surface area (Å²) in [6, 6.07) is 13.7. The zero-order valence-electron chi connectivity index (χ0n) is 17.3. The summed E-state index contributed by atoms with van der Waals surface area (Å²) >= 11 is 12.7. The molecule has 1 aliphatic heterocycles. The van der Waals surface area contributed by atoms with Crippen LogP contribution >= 0.6 is 35.6 Å². The standard InChI is InChI=1S/C23H21ClN2O4S2/c1-2-30-22(29)15-9-11-17(12-10-15)25-20(27)8-5-13-26-21(28)19(32-23(26)31)14-16-6-3-4-7-18(16)24/h3-4,6-7,9-12,14H,2,5,8,13H2,1H3,(H,25,27)/b19-14-. The molecule has 9 heteroatoms. The second-order valence-electron chi connectivity index (χ2n) is 6.80. The number of amides is 2. The molecule has 2 aromatic rings. The third kappa shape index (κ3) is 6.18. The number of rotatable bonds is 8. The lowest BCUT2D eigenvalue weighted by Crippen LogP contribution is -2.29. The highest BCUT2D eigenvalue weighted by atomic mass is 35.5. The summed E-state index contributed by atoms with van der Waals surface area (Å²) in [5.74, 6) is -0.779. The summed E-state index contributed by atoms with van der Waals surface area (Å²) < 4.78 is 5.39. The van der Waals surface area contributed by atoms with Gasteiger partial charge in [-0.05, 0) is 55.3 Å². The zero-order chi connectivity index (χ0) is 23.1. The van der Waals surface area contributed by atoms with Crippen molar-refractivity contribution in [3.05, 3.63) is 69.6 Å². The fourth-order valence-electron chi connectivity index (χ4n) is 2.95. The van der Waals surface area contributed by atoms with Crippen LogP contribution in [0.15, 0.2) is 53.4 Å². The van der Waals surface area contributed by atoms with Gasteiger partial charge in [0.1, 0.15) is 4.32 Å². The number of thioether (sulfide) groups is 1. The van der Waals surface area contributed by atoms with Crippen molar-refractivity contribution in [2.45, 2.75) is 19.8 Å². The Morgan fingerprint density at radius 3 is 2.59 bits per heavy atom. The van der Waals surface area contributed by atoms with E-state index in [9.17, 15) is 14.4 Å². The highest BCUT2D eigenvalue weighted by molar-refractivity contribution is 8.26. The minimum atomic E-state index is -0.405. The van der Waals surface area contributed by atoms with E-state index >= 15 is 0 Å². The molecule has 166 valence electrons. The quantitative estimate of drug-likeness (QED) is 0.315. The molecule has 0 radical (unpaired) electrons. The van der Waals surface area contributed by atoms with Crippen LogP contribution in [0.25, 0.3) is 6.08 Å². The summed E-state index contributed by atoms with van der Waals surface area (Å²) in [5, 5.41) is 3.34. The number of nitrogens with one attached hydrogen (secondary N) is 1. The number of nitrogens with zero attached hydrogens (tertiary/aromatic N) is 1. The Balaban J connectivity index is 1.50. The molecule has 2 aromatic carbocycles. The third-order valence-electron chi connectivity index (χ3n) is 4.53. The lowest BCUT2D eigenvalue weighted by Gasteiger charge is -2.14. The molecular formula is C23H21ClN2O4S2. The number of carbonyl (C=O) groups is 3. The summed E-state index contributed by atoms with van der Waals surface area (Å²) in [6.45, 7) is 2.39. The first kappa shape index (κ1) is 24.0. The summed E-state index contributed by atoms with van der Waals surface area (Å²) in [7, 11) is 0. The maximum absolute atomic E-state index is 12.7. The molecule has 1 heterocycles. The van der Waals surface area contributed by atoms with E-state index in [1.807, 2.05) is 18.2 Å². The molecule has 32 heavy (non-hydrogen) atoms. The molecule has 0 atom stereocenters. The Morgan fingerprint density at radius 2 is 1.91 bits per heavy atom. The van der Waals surface area contributed by atoms with Crippen molar-refractivity contribution in [2.24, 2.45) is 0 Å². The predicted molar refractivity (Wildman–Crippen MR) is 132 cm³/mol. The number of esters is 1. The van der Waals surface area contributed by atoms with E-state index < -0.39 is 5.97 Å². The van der Waals surface area contributed by atoms with Crippen molar-refractivity contribution in [1.82, 2.24) is 4.90 Å². The fourth-order valence-corrected chi connectivity index (χ4v) is 4.44. The van der Waals surface area contributed by atoms with E-state index in [1.165, 1.54) is 16.7 Å². The molecule has 3 rings (SSSR count). The first-order chi connectivity index (χ1) is 15.4. The van der Waals surface area contributed by atoms with E-state index in [0.717, 1.165) is 5.56 Å². The number of hydrogen-bond donors (Lipinski definition) is 1. The largest absolute Gasteiger partial charge is 0.462 e. The maximum Gasteiger partial charge on any atom is 0.338 e. The summed E-state index contributed by atoms with van der Waals surface area (Å²) in [5.41, 5.74) is 1.75. The average Bonchev–Trinajstić information content (AvgIpc) is 3.03. The van der Waals surface area contributed by atoms with Crippen LogP contribution in [-0.4, -0.2) is 40.2 Å². The number of thiocarbonyl (C=S) groups is 1. The Morgan fingerprint density at radius 1 is 1.19 bits per heavy atom. The average molecular weight is 489 g/mol. The van der Waals surface area contributed by atoms with Gasteiger partial charge >= 0.3 is 5.97 Å². The molecule has 1 fully saturated rings. The van der Waals surface area contributed by atoms with Crippen LogP contribution in [0.5, 0.6) is 0 Å². The molecule has 1 N–H and O–H groups in total. The topological polar surface area (TPSA) is 75.7 Å². The van der Waals surface area contributed by atoms with Crippen LogP contribution in [0.1, 0.15) is 35.7 Å². The monoisotopic (exact) mass is 488 g/mol. The fraction of sp³-hybridized carbons (Fsp3) is 0.217. The van der Waals surface area contributed by atoms with Gasteiger partial charge in [0.2, 0.25) is 5.91 Å². The Hall–Kier alpha value is -2.68. The predicted octanol–water partition coefficient (Wildman–Crippen LogP) is 5.14. The summed E-state index contributed by atoms with van der Waals surface area (Å²) in [4.78, 5) is 38.6. The molecule has 0 bridgehead atoms. The van der Waals surface area contributed by atoms with Crippen LogP contribution in [0, 0.1) is 0 Å². The number of ether oxygens (including phenoxy) is 1. The van der Waals surface area contributed by atoms with Crippen LogP contribution in [0.4, 0.5) is 5.69 Å². The molecule has 0 spiro atoms. The van der Waals surface area contributed by atoms with Gasteiger partial charge in [0.15, 0.2) is 0 Å². The molecule has 0 unspecified atom stereocenters. The minimum absolute atomic E-state index is 0.185. The Bertz CT molecular complexity index is 1070. The van der Waals surface area contributed by atoms with Crippen LogP contribution in [0.2, 0.25) is 5.02 Å². The highest BCUT2D eigenvalue weighted by Crippen LogP contribution is 2.33. The van der Waals surface area contributed by atoms with Gasteiger partial charge in [-0.3, -0.25) is 14.5 Å². The molecular weight excluding hydrogens is 468 g/mol. The second-order valence-corrected chi connectivity index (χ2v) is 8.89. The molecule has 2 amide bonds. The molecule has 0 saturated carbocycles. The first-order valence-corrected chi connectivity index (χ1v) is 11.6. The molecule has 1 saturated heterocycles. The van der Waals surface area contributed by atoms with Gasteiger partial charge in [-0.15, -0.1) is 0 Å². The van der Waals surface area contributed by atoms with Crippen molar-refractivity contribution in [3.8, 4) is 0 Å². The second kappa shape index (κ2) is 11.3. The van der Waals surface area contributed by atoms with Crippen LogP contribution in [-0.2, 0) is 14.3 Å². The van der Waals surface area contributed by atoms with Crippen molar-refractivity contribution in [1.29, 1.82) is 0 Å². The van der Waals surface area contributed by atoms with Crippen molar-refractivity contribution in [3.63, 3.8) is 0 Å². The van der Waals surface area contributed by atoms with E-state index in [-0.39, 0.29) is 18.2 Å².